The number of hydrogen-bond donors (Lipinski definition) is 0. The van der Waals surface area contributed by atoms with Crippen LogP contribution in [0, 0.1) is 0 Å². The molecule has 0 aromatic rings. The van der Waals surface area contributed by atoms with Crippen molar-refractivity contribution in [2.45, 2.75) is 83.1 Å². The van der Waals surface area contributed by atoms with E-state index in [1.807, 2.05) is 83.1 Å². The van der Waals surface area contributed by atoms with Crippen LogP contribution in [0.2, 0.25) is 0 Å². The topological polar surface area (TPSA) is 111 Å². The summed E-state index contributed by atoms with van der Waals surface area (Å²) in [5.74, 6) is 0. The van der Waals surface area contributed by atoms with Crippen molar-refractivity contribution in [3.8, 4) is 0 Å². The summed E-state index contributed by atoms with van der Waals surface area (Å²) in [6, 6.07) is 0. The third-order valence-corrected chi connectivity index (χ3v) is 59.3. The molecule has 262 valence electrons. The van der Waals surface area contributed by atoms with Gasteiger partial charge in [-0.2, -0.15) is 0 Å². The number of rotatable bonds is 28. The molecule has 0 aliphatic rings. The molecule has 0 saturated heterocycles. The molecule has 0 atom stereocenters. The molecule has 12 nitrogen and oxygen atoms in total. The molecule has 0 radical (unpaired) electrons. The molecule has 41 heavy (non-hydrogen) atoms. The Morgan fingerprint density at radius 1 is 0.244 bits per heavy atom. The van der Waals surface area contributed by atoms with Gasteiger partial charge in [0.25, 0.3) is 0 Å². The summed E-state index contributed by atoms with van der Waals surface area (Å²) < 4.78 is 82.0. The number of hydrogen-bond acceptors (Lipinski definition) is 12. The van der Waals surface area contributed by atoms with E-state index in [2.05, 4.69) is 0 Å². The average Bonchev–Trinajstić information content (AvgIpc) is 2.91. The molecule has 0 aromatic carbocycles. The second-order valence-electron chi connectivity index (χ2n) is 7.45. The predicted molar refractivity (Wildman–Crippen MR) is 173 cm³/mol. The van der Waals surface area contributed by atoms with Crippen LogP contribution >= 0.6 is 26.9 Å². The predicted octanol–water partition coefficient (Wildman–Crippen LogP) is 8.22. The fraction of sp³-hybridized carbons (Fsp3) is 1.00. The molecule has 0 rings (SSSR count). The fourth-order valence-corrected chi connectivity index (χ4v) is 69.4. The van der Waals surface area contributed by atoms with Crippen molar-refractivity contribution in [3.63, 3.8) is 0 Å². The van der Waals surface area contributed by atoms with Gasteiger partial charge in [-0.3, -0.25) is 0 Å². The fourth-order valence-electron chi connectivity index (χ4n) is 4.00. The molecule has 17 heteroatoms. The monoisotopic (exact) mass is 726 g/mol. The van der Waals surface area contributed by atoms with Gasteiger partial charge in [-0.1, -0.05) is 0 Å². The van der Waals surface area contributed by atoms with E-state index in [0.717, 1.165) is 0 Å². The molecule has 0 N–H and O–H groups in total. The van der Waals surface area contributed by atoms with Crippen molar-refractivity contribution in [3.05, 3.63) is 0 Å². The van der Waals surface area contributed by atoms with Crippen LogP contribution in [-0.2, 0) is 64.9 Å². The van der Waals surface area contributed by atoms with Crippen LogP contribution in [0.25, 0.3) is 0 Å². The zero-order chi connectivity index (χ0) is 31.5. The molecule has 0 saturated carbocycles. The Labute approximate surface area is 253 Å². The van der Waals surface area contributed by atoms with E-state index in [9.17, 15) is 0 Å². The van der Waals surface area contributed by atoms with Crippen LogP contribution in [0.4, 0.5) is 0 Å². The molecule has 0 unspecified atom stereocenters. The van der Waals surface area contributed by atoms with Gasteiger partial charge in [-0.05, 0) is 0 Å². The van der Waals surface area contributed by atoms with Gasteiger partial charge < -0.3 is 0 Å². The van der Waals surface area contributed by atoms with Crippen molar-refractivity contribution in [2.24, 2.45) is 0 Å². The minimum absolute atomic E-state index is 0.252. The second-order valence-corrected chi connectivity index (χ2v) is 38.8. The first-order chi connectivity index (χ1) is 19.7. The van der Waals surface area contributed by atoms with Crippen LogP contribution in [0.1, 0.15) is 83.1 Å². The van der Waals surface area contributed by atoms with Crippen LogP contribution in [0.5, 0.6) is 0 Å². The summed E-state index contributed by atoms with van der Waals surface area (Å²) in [7, 11) is -3.45. The Morgan fingerprint density at radius 2 is 0.341 bits per heavy atom. The van der Waals surface area contributed by atoms with Crippen molar-refractivity contribution in [2.75, 3.05) is 79.3 Å². The van der Waals surface area contributed by atoms with Crippen molar-refractivity contribution < 1.29 is 64.9 Å². The maximum atomic E-state index is 6.83. The molecule has 0 fully saturated rings. The van der Waals surface area contributed by atoms with Crippen LogP contribution < -0.4 is 0 Å². The Bertz CT molecular complexity index is 493. The quantitative estimate of drug-likeness (QED) is 0.0572. The summed E-state index contributed by atoms with van der Waals surface area (Å²) in [5, 5.41) is 0. The van der Waals surface area contributed by atoms with E-state index in [-0.39, 0.29) is 79.3 Å². The van der Waals surface area contributed by atoms with Gasteiger partial charge >= 0.3 is 254 Å². The van der Waals surface area contributed by atoms with Crippen molar-refractivity contribution >= 4 is 26.9 Å². The maximum absolute atomic E-state index is 6.83. The summed E-state index contributed by atoms with van der Waals surface area (Å²) in [5.41, 5.74) is 0. The Morgan fingerprint density at radius 3 is 0.415 bits per heavy atom. The normalized spacial score (nSPS) is 17.3. The molecule has 0 aliphatic carbocycles. The first-order valence-electron chi connectivity index (χ1n) is 15.0. The van der Waals surface area contributed by atoms with E-state index < -0.39 is 37.5 Å². The molecular weight excluding hydrogens is 663 g/mol. The molecule has 0 heterocycles. The van der Waals surface area contributed by atoms with E-state index in [0.29, 0.717) is 0 Å². The molecular formula is C24H64NiO12P4. The van der Waals surface area contributed by atoms with Gasteiger partial charge in [0, 0.05) is 0 Å². The molecule has 0 aliphatic heterocycles. The Balaban J connectivity index is 9.25. The summed E-state index contributed by atoms with van der Waals surface area (Å²) in [6.07, 6.45) is 0. The Hall–Kier alpha value is 1.73. The van der Waals surface area contributed by atoms with Crippen LogP contribution in [-0.4, -0.2) is 79.3 Å². The van der Waals surface area contributed by atoms with Crippen LogP contribution in [0.15, 0.2) is 0 Å². The molecule has 0 bridgehead atoms. The third kappa shape index (κ3) is 8.96. The van der Waals surface area contributed by atoms with Gasteiger partial charge in [-0.25, -0.2) is 0 Å². The van der Waals surface area contributed by atoms with Gasteiger partial charge in [0.05, 0.1) is 0 Å². The first-order valence-corrected chi connectivity index (χ1v) is 27.1. The van der Waals surface area contributed by atoms with Gasteiger partial charge in [0.1, 0.15) is 0 Å². The van der Waals surface area contributed by atoms with E-state index in [1.165, 1.54) is 0 Å². The second kappa shape index (κ2) is 22.3. The first kappa shape index (κ1) is 42.7. The third-order valence-electron chi connectivity index (χ3n) is 4.86. The van der Waals surface area contributed by atoms with E-state index in [4.69, 9.17) is 54.3 Å². The molecule has 0 amide bonds. The Kier molecular flexibility index (Phi) is 23.2. The summed E-state index contributed by atoms with van der Waals surface area (Å²) in [6.45, 7) is 9.13. The zero-order valence-corrected chi connectivity index (χ0v) is 32.7. The van der Waals surface area contributed by atoms with Gasteiger partial charge in [-0.15, -0.1) is 0 Å². The van der Waals surface area contributed by atoms with Gasteiger partial charge in [0.2, 0.25) is 0 Å². The molecule has 0 aromatic heterocycles. The van der Waals surface area contributed by atoms with Crippen molar-refractivity contribution in [1.82, 2.24) is 0 Å². The zero-order valence-electron chi connectivity index (χ0n) is 27.7. The van der Waals surface area contributed by atoms with Crippen LogP contribution in [0.3, 0.4) is 0 Å². The van der Waals surface area contributed by atoms with Crippen molar-refractivity contribution in [1.29, 1.82) is 0 Å². The van der Waals surface area contributed by atoms with E-state index in [1.54, 1.807) is 0 Å². The average molecular weight is 727 g/mol. The summed E-state index contributed by atoms with van der Waals surface area (Å²) >= 11 is 0. The van der Waals surface area contributed by atoms with Gasteiger partial charge in [0.15, 0.2) is 0 Å². The standard InChI is InChI=1S/4C6H16O3P.Ni/c4*1-4-7-10(8-5-2)9-6-3;/h4*10H,4-6H2,1-3H3;/q4*+1;-4. The minimum atomic E-state index is -4.16. The SMILES string of the molecule is CCO[PH](OCC)(OCC)[Ni]([PH](OCC)(OCC)OCC)([PH](OCC)(OCC)OCC)[PH](OCC)(OCC)OCC. The molecule has 0 spiro atoms. The van der Waals surface area contributed by atoms with E-state index >= 15 is 0 Å². The summed E-state index contributed by atoms with van der Waals surface area (Å²) in [4.78, 5) is 0.